The predicted molar refractivity (Wildman–Crippen MR) is 78.3 cm³/mol. The summed E-state index contributed by atoms with van der Waals surface area (Å²) in [5.41, 5.74) is -0.337. The molecule has 0 aliphatic rings. The van der Waals surface area contributed by atoms with E-state index >= 15 is 0 Å². The van der Waals surface area contributed by atoms with Crippen LogP contribution in [0.2, 0.25) is 5.02 Å². The highest BCUT2D eigenvalue weighted by Gasteiger charge is 2.30. The Labute approximate surface area is 127 Å². The molecule has 0 aliphatic heterocycles. The second-order valence-corrected chi connectivity index (χ2v) is 6.84. The van der Waals surface area contributed by atoms with Gasteiger partial charge in [0.15, 0.2) is 9.84 Å². The molecular formula is C13H14ClNO5S. The standard InChI is InChI=1S/C13H14ClNO5S/c1-3-6-15-12(16)8(2)21(19,20)9-4-5-11(14)10(7-9)13(17)18/h3-5,7-8H,1,6H2,2H3,(H,15,16)(H,17,18). The van der Waals surface area contributed by atoms with Gasteiger partial charge in [-0.2, -0.15) is 0 Å². The Balaban J connectivity index is 3.19. The molecule has 0 spiro atoms. The summed E-state index contributed by atoms with van der Waals surface area (Å²) in [4.78, 5) is 22.4. The van der Waals surface area contributed by atoms with Crippen LogP contribution in [0.15, 0.2) is 35.7 Å². The topological polar surface area (TPSA) is 101 Å². The highest BCUT2D eigenvalue weighted by Crippen LogP contribution is 2.23. The van der Waals surface area contributed by atoms with Crippen molar-refractivity contribution in [3.63, 3.8) is 0 Å². The molecule has 1 unspecified atom stereocenters. The Morgan fingerprint density at radius 1 is 1.48 bits per heavy atom. The van der Waals surface area contributed by atoms with Crippen LogP contribution < -0.4 is 5.32 Å². The second-order valence-electron chi connectivity index (χ2n) is 4.17. The van der Waals surface area contributed by atoms with Crippen LogP contribution in [-0.2, 0) is 14.6 Å². The third kappa shape index (κ3) is 3.83. The van der Waals surface area contributed by atoms with E-state index in [2.05, 4.69) is 11.9 Å². The van der Waals surface area contributed by atoms with E-state index in [4.69, 9.17) is 16.7 Å². The first-order valence-electron chi connectivity index (χ1n) is 5.87. The summed E-state index contributed by atoms with van der Waals surface area (Å²) in [5, 5.41) is 9.89. The Kier molecular flexibility index (Phi) is 5.51. The fourth-order valence-electron chi connectivity index (χ4n) is 1.51. The molecule has 0 saturated carbocycles. The van der Waals surface area contributed by atoms with E-state index in [1.54, 1.807) is 0 Å². The number of hydrogen-bond donors (Lipinski definition) is 2. The smallest absolute Gasteiger partial charge is 0.337 e. The number of benzene rings is 1. The van der Waals surface area contributed by atoms with Crippen LogP contribution in [0.5, 0.6) is 0 Å². The van der Waals surface area contributed by atoms with Crippen molar-refractivity contribution in [1.29, 1.82) is 0 Å². The van der Waals surface area contributed by atoms with Crippen molar-refractivity contribution in [2.24, 2.45) is 0 Å². The van der Waals surface area contributed by atoms with Gasteiger partial charge in [-0.1, -0.05) is 17.7 Å². The number of carboxylic acid groups (broad SMARTS) is 1. The van der Waals surface area contributed by atoms with Crippen molar-refractivity contribution in [3.05, 3.63) is 41.4 Å². The molecule has 0 radical (unpaired) electrons. The first-order chi connectivity index (χ1) is 9.71. The maximum Gasteiger partial charge on any atom is 0.337 e. The van der Waals surface area contributed by atoms with Crippen molar-refractivity contribution in [3.8, 4) is 0 Å². The molecular weight excluding hydrogens is 318 g/mol. The first-order valence-corrected chi connectivity index (χ1v) is 7.79. The third-order valence-electron chi connectivity index (χ3n) is 2.75. The highest BCUT2D eigenvalue weighted by molar-refractivity contribution is 7.92. The van der Waals surface area contributed by atoms with Crippen LogP contribution in [0.1, 0.15) is 17.3 Å². The zero-order chi connectivity index (χ0) is 16.2. The quantitative estimate of drug-likeness (QED) is 0.769. The lowest BCUT2D eigenvalue weighted by atomic mass is 10.2. The van der Waals surface area contributed by atoms with Crippen LogP contribution >= 0.6 is 11.6 Å². The van der Waals surface area contributed by atoms with Gasteiger partial charge in [0.05, 0.1) is 15.5 Å². The fraction of sp³-hybridized carbons (Fsp3) is 0.231. The largest absolute Gasteiger partial charge is 0.478 e. The van der Waals surface area contributed by atoms with Gasteiger partial charge in [0.2, 0.25) is 5.91 Å². The molecule has 0 aliphatic carbocycles. The maximum atomic E-state index is 12.3. The summed E-state index contributed by atoms with van der Waals surface area (Å²) in [6, 6.07) is 3.28. The molecule has 0 aromatic heterocycles. The van der Waals surface area contributed by atoms with E-state index in [-0.39, 0.29) is 22.0 Å². The highest BCUT2D eigenvalue weighted by atomic mass is 35.5. The van der Waals surface area contributed by atoms with Gasteiger partial charge in [0.25, 0.3) is 0 Å². The summed E-state index contributed by atoms with van der Waals surface area (Å²) >= 11 is 5.69. The molecule has 1 atom stereocenters. The molecule has 8 heteroatoms. The number of hydrogen-bond acceptors (Lipinski definition) is 4. The van der Waals surface area contributed by atoms with Gasteiger partial charge in [-0.15, -0.1) is 6.58 Å². The van der Waals surface area contributed by atoms with Gasteiger partial charge in [0, 0.05) is 6.54 Å². The average Bonchev–Trinajstić information content (AvgIpc) is 2.43. The number of nitrogens with one attached hydrogen (secondary N) is 1. The van der Waals surface area contributed by atoms with Gasteiger partial charge in [0.1, 0.15) is 5.25 Å². The first kappa shape index (κ1) is 17.2. The SMILES string of the molecule is C=CCNC(=O)C(C)S(=O)(=O)c1ccc(Cl)c(C(=O)O)c1. The molecule has 1 amide bonds. The Morgan fingerprint density at radius 3 is 2.62 bits per heavy atom. The lowest BCUT2D eigenvalue weighted by Crippen LogP contribution is -2.38. The molecule has 0 saturated heterocycles. The maximum absolute atomic E-state index is 12.3. The van der Waals surface area contributed by atoms with Crippen molar-refractivity contribution in [1.82, 2.24) is 5.32 Å². The summed E-state index contributed by atoms with van der Waals surface area (Å²) in [6.45, 7) is 4.77. The van der Waals surface area contributed by atoms with Crippen molar-refractivity contribution >= 4 is 33.3 Å². The van der Waals surface area contributed by atoms with Crippen molar-refractivity contribution < 1.29 is 23.1 Å². The van der Waals surface area contributed by atoms with Crippen LogP contribution in [0, 0.1) is 0 Å². The van der Waals surface area contributed by atoms with Gasteiger partial charge in [-0.05, 0) is 25.1 Å². The summed E-state index contributed by atoms with van der Waals surface area (Å²) in [6.07, 6.45) is 1.42. The lowest BCUT2D eigenvalue weighted by molar-refractivity contribution is -0.120. The summed E-state index contributed by atoms with van der Waals surface area (Å²) < 4.78 is 24.6. The number of rotatable bonds is 6. The van der Waals surface area contributed by atoms with Crippen LogP contribution in [0.25, 0.3) is 0 Å². The van der Waals surface area contributed by atoms with Crippen molar-refractivity contribution in [2.45, 2.75) is 17.1 Å². The van der Waals surface area contributed by atoms with Crippen molar-refractivity contribution in [2.75, 3.05) is 6.54 Å². The molecule has 0 bridgehead atoms. The number of sulfone groups is 1. The zero-order valence-electron chi connectivity index (χ0n) is 11.2. The van der Waals surface area contributed by atoms with Crippen LogP contribution in [0.4, 0.5) is 0 Å². The van der Waals surface area contributed by atoms with Crippen LogP contribution in [-0.4, -0.2) is 37.2 Å². The number of halogens is 1. The van der Waals surface area contributed by atoms with Gasteiger partial charge < -0.3 is 10.4 Å². The van der Waals surface area contributed by atoms with Gasteiger partial charge in [-0.25, -0.2) is 13.2 Å². The lowest BCUT2D eigenvalue weighted by Gasteiger charge is -2.13. The molecule has 2 N–H and O–H groups in total. The van der Waals surface area contributed by atoms with E-state index in [0.717, 1.165) is 6.07 Å². The van der Waals surface area contributed by atoms with E-state index in [1.165, 1.54) is 25.1 Å². The molecule has 1 aromatic rings. The molecule has 1 rings (SSSR count). The zero-order valence-corrected chi connectivity index (χ0v) is 12.7. The Bertz CT molecular complexity index is 684. The third-order valence-corrected chi connectivity index (χ3v) is 5.14. The second kappa shape index (κ2) is 6.73. The van der Waals surface area contributed by atoms with E-state index < -0.39 is 27.0 Å². The number of amides is 1. The normalized spacial score (nSPS) is 12.5. The molecule has 0 heterocycles. The van der Waals surface area contributed by atoms with Gasteiger partial charge in [-0.3, -0.25) is 4.79 Å². The van der Waals surface area contributed by atoms with E-state index in [1.807, 2.05) is 0 Å². The monoisotopic (exact) mass is 331 g/mol. The Morgan fingerprint density at radius 2 is 2.10 bits per heavy atom. The molecule has 21 heavy (non-hydrogen) atoms. The number of carbonyl (C=O) groups is 2. The number of carbonyl (C=O) groups excluding carboxylic acids is 1. The molecule has 1 aromatic carbocycles. The van der Waals surface area contributed by atoms with E-state index in [0.29, 0.717) is 0 Å². The average molecular weight is 332 g/mol. The fourth-order valence-corrected chi connectivity index (χ4v) is 3.02. The van der Waals surface area contributed by atoms with E-state index in [9.17, 15) is 18.0 Å². The minimum absolute atomic E-state index is 0.0785. The minimum atomic E-state index is -4.01. The molecule has 114 valence electrons. The molecule has 6 nitrogen and oxygen atoms in total. The van der Waals surface area contributed by atoms with Gasteiger partial charge >= 0.3 is 5.97 Å². The Hall–Kier alpha value is -1.86. The summed E-state index contributed by atoms with van der Waals surface area (Å²) in [7, 11) is -4.01. The number of aromatic carboxylic acids is 1. The molecule has 0 fully saturated rings. The predicted octanol–water partition coefficient (Wildman–Crippen LogP) is 1.50. The number of carboxylic acids is 1. The minimum Gasteiger partial charge on any atom is -0.478 e. The summed E-state index contributed by atoms with van der Waals surface area (Å²) in [5.74, 6) is -2.04. The van der Waals surface area contributed by atoms with Crippen LogP contribution in [0.3, 0.4) is 0 Å².